The second-order valence-electron chi connectivity index (χ2n) is 3.19. The van der Waals surface area contributed by atoms with Crippen LogP contribution in [0.3, 0.4) is 0 Å². The Morgan fingerprint density at radius 1 is 1.43 bits per heavy atom. The van der Waals surface area contributed by atoms with Gasteiger partial charge in [-0.3, -0.25) is 0 Å². The summed E-state index contributed by atoms with van der Waals surface area (Å²) >= 11 is 0. The molecule has 0 atom stereocenters. The molecular formula is C10H16N2O2. The van der Waals surface area contributed by atoms with Crippen LogP contribution in [0.2, 0.25) is 0 Å². The second kappa shape index (κ2) is 4.79. The van der Waals surface area contributed by atoms with E-state index in [1.807, 2.05) is 20.8 Å². The summed E-state index contributed by atoms with van der Waals surface area (Å²) in [4.78, 5) is 8.44. The first-order valence-electron chi connectivity index (χ1n) is 4.72. The van der Waals surface area contributed by atoms with E-state index in [1.54, 1.807) is 13.3 Å². The Morgan fingerprint density at radius 2 is 2.14 bits per heavy atom. The molecule has 4 heteroatoms. The predicted molar refractivity (Wildman–Crippen MR) is 53.8 cm³/mol. The summed E-state index contributed by atoms with van der Waals surface area (Å²) in [6.45, 7) is 6.57. The topological polar surface area (TPSA) is 44.2 Å². The summed E-state index contributed by atoms with van der Waals surface area (Å²) in [5, 5.41) is 0. The molecule has 1 rings (SSSR count). The highest BCUT2D eigenvalue weighted by molar-refractivity contribution is 5.31. The fourth-order valence-electron chi connectivity index (χ4n) is 1.05. The Kier molecular flexibility index (Phi) is 3.68. The van der Waals surface area contributed by atoms with E-state index in [1.165, 1.54) is 0 Å². The van der Waals surface area contributed by atoms with Crippen molar-refractivity contribution in [2.45, 2.75) is 26.7 Å². The average molecular weight is 196 g/mol. The van der Waals surface area contributed by atoms with Crippen LogP contribution < -0.4 is 9.47 Å². The van der Waals surface area contributed by atoms with Gasteiger partial charge in [-0.25, -0.2) is 4.98 Å². The summed E-state index contributed by atoms with van der Waals surface area (Å²) in [6, 6.07) is 0. The molecule has 0 saturated heterocycles. The summed E-state index contributed by atoms with van der Waals surface area (Å²) in [7, 11) is 1.58. The van der Waals surface area contributed by atoms with Crippen LogP contribution in [-0.4, -0.2) is 23.7 Å². The number of aromatic nitrogens is 2. The lowest BCUT2D eigenvalue weighted by Crippen LogP contribution is -2.03. The van der Waals surface area contributed by atoms with E-state index in [4.69, 9.17) is 9.47 Å². The molecule has 1 heterocycles. The minimum atomic E-state index is 0.291. The minimum Gasteiger partial charge on any atom is -0.487 e. The molecule has 0 spiro atoms. The molecular weight excluding hydrogens is 180 g/mol. The van der Waals surface area contributed by atoms with Crippen molar-refractivity contribution in [2.75, 3.05) is 13.7 Å². The highest BCUT2D eigenvalue weighted by atomic mass is 16.5. The molecule has 0 bridgehead atoms. The van der Waals surface area contributed by atoms with Gasteiger partial charge in [-0.15, -0.1) is 0 Å². The first-order valence-corrected chi connectivity index (χ1v) is 4.72. The van der Waals surface area contributed by atoms with E-state index in [0.29, 0.717) is 24.2 Å². The third-order valence-electron chi connectivity index (χ3n) is 1.75. The van der Waals surface area contributed by atoms with Gasteiger partial charge in [0, 0.05) is 5.92 Å². The zero-order valence-electron chi connectivity index (χ0n) is 9.07. The fourth-order valence-corrected chi connectivity index (χ4v) is 1.05. The molecule has 0 aliphatic heterocycles. The van der Waals surface area contributed by atoms with Crippen molar-refractivity contribution in [3.63, 3.8) is 0 Å². The van der Waals surface area contributed by atoms with E-state index in [2.05, 4.69) is 9.97 Å². The summed E-state index contributed by atoms with van der Waals surface area (Å²) in [6.07, 6.45) is 1.66. The quantitative estimate of drug-likeness (QED) is 0.738. The number of methoxy groups -OCH3 is 1. The molecule has 0 fully saturated rings. The van der Waals surface area contributed by atoms with E-state index >= 15 is 0 Å². The zero-order chi connectivity index (χ0) is 10.6. The van der Waals surface area contributed by atoms with Crippen LogP contribution >= 0.6 is 0 Å². The lowest BCUT2D eigenvalue weighted by molar-refractivity contribution is 0.300. The summed E-state index contributed by atoms with van der Waals surface area (Å²) in [5.41, 5.74) is 0. The maximum absolute atomic E-state index is 5.31. The van der Waals surface area contributed by atoms with Crippen LogP contribution in [0.1, 0.15) is 32.5 Å². The van der Waals surface area contributed by atoms with Crippen molar-refractivity contribution in [1.29, 1.82) is 0 Å². The van der Waals surface area contributed by atoms with E-state index in [-0.39, 0.29) is 0 Å². The Labute approximate surface area is 84.3 Å². The third-order valence-corrected chi connectivity index (χ3v) is 1.75. The molecule has 0 saturated carbocycles. The van der Waals surface area contributed by atoms with Gasteiger partial charge in [-0.05, 0) is 6.92 Å². The van der Waals surface area contributed by atoms with Crippen LogP contribution in [0.15, 0.2) is 6.20 Å². The van der Waals surface area contributed by atoms with Gasteiger partial charge >= 0.3 is 0 Å². The van der Waals surface area contributed by atoms with Crippen LogP contribution in [0.5, 0.6) is 11.6 Å². The van der Waals surface area contributed by atoms with Gasteiger partial charge in [0.05, 0.1) is 19.9 Å². The molecule has 0 aliphatic carbocycles. The molecule has 1 aromatic heterocycles. The molecule has 1 aromatic rings. The van der Waals surface area contributed by atoms with E-state index < -0.39 is 0 Å². The molecule has 4 nitrogen and oxygen atoms in total. The van der Waals surface area contributed by atoms with Crippen LogP contribution in [0.4, 0.5) is 0 Å². The molecule has 14 heavy (non-hydrogen) atoms. The van der Waals surface area contributed by atoms with Crippen molar-refractivity contribution in [3.05, 3.63) is 12.0 Å². The standard InChI is InChI=1S/C10H16N2O2/c1-5-14-8-6-11-9(7(2)3)12-10(8)13-4/h6-7H,5H2,1-4H3. The average Bonchev–Trinajstić information content (AvgIpc) is 2.18. The van der Waals surface area contributed by atoms with Gasteiger partial charge in [0.25, 0.3) is 5.88 Å². The van der Waals surface area contributed by atoms with Gasteiger partial charge < -0.3 is 9.47 Å². The van der Waals surface area contributed by atoms with Gasteiger partial charge in [0.1, 0.15) is 5.82 Å². The number of ether oxygens (including phenoxy) is 2. The smallest absolute Gasteiger partial charge is 0.260 e. The molecule has 0 radical (unpaired) electrons. The van der Waals surface area contributed by atoms with Crippen molar-refractivity contribution < 1.29 is 9.47 Å². The van der Waals surface area contributed by atoms with Gasteiger partial charge in [-0.2, -0.15) is 4.98 Å². The summed E-state index contributed by atoms with van der Waals surface area (Å²) in [5.74, 6) is 2.16. The maximum Gasteiger partial charge on any atom is 0.260 e. The highest BCUT2D eigenvalue weighted by Crippen LogP contribution is 2.24. The fraction of sp³-hybridized carbons (Fsp3) is 0.600. The Morgan fingerprint density at radius 3 is 2.64 bits per heavy atom. The van der Waals surface area contributed by atoms with Crippen molar-refractivity contribution >= 4 is 0 Å². The van der Waals surface area contributed by atoms with Gasteiger partial charge in [0.2, 0.25) is 0 Å². The first kappa shape index (κ1) is 10.8. The van der Waals surface area contributed by atoms with Crippen molar-refractivity contribution in [2.24, 2.45) is 0 Å². The van der Waals surface area contributed by atoms with Crippen molar-refractivity contribution in [1.82, 2.24) is 9.97 Å². The number of hydrogen-bond donors (Lipinski definition) is 0. The minimum absolute atomic E-state index is 0.291. The van der Waals surface area contributed by atoms with Crippen LogP contribution in [-0.2, 0) is 0 Å². The SMILES string of the molecule is CCOc1cnc(C(C)C)nc1OC. The number of nitrogens with zero attached hydrogens (tertiary/aromatic N) is 2. The largest absolute Gasteiger partial charge is 0.487 e. The second-order valence-corrected chi connectivity index (χ2v) is 3.19. The molecule has 0 aliphatic rings. The lowest BCUT2D eigenvalue weighted by Gasteiger charge is -2.10. The number of hydrogen-bond acceptors (Lipinski definition) is 4. The molecule has 0 aromatic carbocycles. The highest BCUT2D eigenvalue weighted by Gasteiger charge is 2.10. The maximum atomic E-state index is 5.31. The third kappa shape index (κ3) is 2.34. The van der Waals surface area contributed by atoms with Crippen LogP contribution in [0.25, 0.3) is 0 Å². The monoisotopic (exact) mass is 196 g/mol. The van der Waals surface area contributed by atoms with Gasteiger partial charge in [0.15, 0.2) is 5.75 Å². The van der Waals surface area contributed by atoms with E-state index in [0.717, 1.165) is 5.82 Å². The molecule has 0 N–H and O–H groups in total. The lowest BCUT2D eigenvalue weighted by atomic mass is 10.2. The Balaban J connectivity index is 2.98. The number of rotatable bonds is 4. The summed E-state index contributed by atoms with van der Waals surface area (Å²) < 4.78 is 10.4. The van der Waals surface area contributed by atoms with Gasteiger partial charge in [-0.1, -0.05) is 13.8 Å². The molecule has 0 unspecified atom stereocenters. The Hall–Kier alpha value is -1.32. The normalized spacial score (nSPS) is 10.4. The first-order chi connectivity index (χ1) is 6.69. The van der Waals surface area contributed by atoms with E-state index in [9.17, 15) is 0 Å². The van der Waals surface area contributed by atoms with Crippen LogP contribution in [0, 0.1) is 0 Å². The predicted octanol–water partition coefficient (Wildman–Crippen LogP) is 2.01. The molecule has 78 valence electrons. The molecule has 0 amide bonds. The Bertz CT molecular complexity index is 300. The zero-order valence-corrected chi connectivity index (χ0v) is 9.07. The van der Waals surface area contributed by atoms with Crippen molar-refractivity contribution in [3.8, 4) is 11.6 Å².